The van der Waals surface area contributed by atoms with E-state index in [1.807, 2.05) is 0 Å². The summed E-state index contributed by atoms with van der Waals surface area (Å²) < 4.78 is 10.6. The molecule has 0 fully saturated rings. The third-order valence-electron chi connectivity index (χ3n) is 1.71. The van der Waals surface area contributed by atoms with E-state index in [0.29, 0.717) is 22.4 Å². The monoisotopic (exact) mass is 270 g/mol. The lowest BCUT2D eigenvalue weighted by molar-refractivity contribution is 0.0600. The number of rotatable bonds is 4. The van der Waals surface area contributed by atoms with E-state index in [0.717, 1.165) is 0 Å². The molecule has 0 aliphatic rings. The molecule has 0 saturated heterocycles. The average Bonchev–Trinajstić information content (AvgIpc) is 2.26. The number of halogens is 1. The summed E-state index contributed by atoms with van der Waals surface area (Å²) in [5.41, 5.74) is 0.482. The van der Waals surface area contributed by atoms with Gasteiger partial charge in [-0.2, -0.15) is 0 Å². The van der Waals surface area contributed by atoms with Gasteiger partial charge in [-0.05, 0) is 34.1 Å². The molecule has 0 bridgehead atoms. The fourth-order valence-corrected chi connectivity index (χ4v) is 1.50. The Morgan fingerprint density at radius 1 is 1.60 bits per heavy atom. The maximum Gasteiger partial charge on any atom is 0.337 e. The van der Waals surface area contributed by atoms with Gasteiger partial charge in [0.1, 0.15) is 12.4 Å². The van der Waals surface area contributed by atoms with Crippen molar-refractivity contribution in [3.63, 3.8) is 0 Å². The van der Waals surface area contributed by atoms with Crippen molar-refractivity contribution in [2.24, 2.45) is 0 Å². The second kappa shape index (κ2) is 5.56. The van der Waals surface area contributed by atoms with E-state index in [1.54, 1.807) is 24.3 Å². The Bertz CT molecular complexity index is 374. The van der Waals surface area contributed by atoms with Gasteiger partial charge in [-0.25, -0.2) is 4.79 Å². The molecule has 0 aliphatic heterocycles. The summed E-state index contributed by atoms with van der Waals surface area (Å²) in [5.74, 6) is 0.300. The van der Waals surface area contributed by atoms with E-state index in [2.05, 4.69) is 27.2 Å². The molecule has 15 heavy (non-hydrogen) atoms. The smallest absolute Gasteiger partial charge is 0.337 e. The summed E-state index contributed by atoms with van der Waals surface area (Å²) in [4.78, 5) is 11.2. The van der Waals surface area contributed by atoms with Crippen LogP contribution in [0, 0.1) is 0 Å². The first kappa shape index (κ1) is 11.8. The molecule has 0 heterocycles. The number of carbonyl (C=O) groups excluding carboxylic acids is 1. The van der Waals surface area contributed by atoms with Crippen molar-refractivity contribution in [3.05, 3.63) is 40.9 Å². The van der Waals surface area contributed by atoms with Crippen molar-refractivity contribution < 1.29 is 14.3 Å². The summed E-state index contributed by atoms with van der Waals surface area (Å²) in [7, 11) is 1.35. The minimum absolute atomic E-state index is 0.369. The summed E-state index contributed by atoms with van der Waals surface area (Å²) >= 11 is 3.31. The molecular weight excluding hydrogens is 260 g/mol. The maximum absolute atomic E-state index is 11.2. The van der Waals surface area contributed by atoms with Gasteiger partial charge in [-0.1, -0.05) is 12.7 Å². The molecule has 0 amide bonds. The summed E-state index contributed by atoms with van der Waals surface area (Å²) in [6, 6.07) is 5.01. The molecule has 0 unspecified atom stereocenters. The summed E-state index contributed by atoms with van der Waals surface area (Å²) in [6.07, 6.45) is 1.65. The number of carbonyl (C=O) groups is 1. The van der Waals surface area contributed by atoms with Crippen molar-refractivity contribution in [1.82, 2.24) is 0 Å². The molecule has 0 saturated carbocycles. The minimum atomic E-state index is -0.369. The predicted octanol–water partition coefficient (Wildman–Crippen LogP) is 2.80. The van der Waals surface area contributed by atoms with Gasteiger partial charge in [0.05, 0.1) is 17.1 Å². The third-order valence-corrected chi connectivity index (χ3v) is 2.33. The van der Waals surface area contributed by atoms with Gasteiger partial charge in [0, 0.05) is 0 Å². The van der Waals surface area contributed by atoms with Gasteiger partial charge in [-0.3, -0.25) is 0 Å². The average molecular weight is 271 g/mol. The highest BCUT2D eigenvalue weighted by atomic mass is 79.9. The Kier molecular flexibility index (Phi) is 4.37. The molecule has 0 radical (unpaired) electrons. The van der Waals surface area contributed by atoms with Gasteiger partial charge in [-0.15, -0.1) is 0 Å². The number of methoxy groups -OCH3 is 1. The standard InChI is InChI=1S/C11H11BrO3/c1-3-6-15-10-5-4-8(7-9(10)12)11(13)14-2/h3-5,7H,1,6H2,2H3. The molecule has 3 nitrogen and oxygen atoms in total. The summed E-state index contributed by atoms with van der Waals surface area (Å²) in [5, 5.41) is 0. The van der Waals surface area contributed by atoms with Crippen molar-refractivity contribution >= 4 is 21.9 Å². The van der Waals surface area contributed by atoms with Crippen molar-refractivity contribution in [2.75, 3.05) is 13.7 Å². The number of benzene rings is 1. The van der Waals surface area contributed by atoms with E-state index in [1.165, 1.54) is 7.11 Å². The number of hydrogen-bond acceptors (Lipinski definition) is 3. The molecule has 0 atom stereocenters. The first-order valence-electron chi connectivity index (χ1n) is 4.30. The van der Waals surface area contributed by atoms with Crippen LogP contribution in [0.25, 0.3) is 0 Å². The summed E-state index contributed by atoms with van der Waals surface area (Å²) in [6.45, 7) is 3.98. The second-order valence-electron chi connectivity index (χ2n) is 2.74. The fourth-order valence-electron chi connectivity index (χ4n) is 1.01. The van der Waals surface area contributed by atoms with Gasteiger partial charge in [0.25, 0.3) is 0 Å². The molecule has 80 valence electrons. The van der Waals surface area contributed by atoms with Gasteiger partial charge < -0.3 is 9.47 Å². The van der Waals surface area contributed by atoms with Gasteiger partial charge in [0.2, 0.25) is 0 Å². The van der Waals surface area contributed by atoms with Crippen LogP contribution in [0.2, 0.25) is 0 Å². The molecule has 1 aromatic carbocycles. The second-order valence-corrected chi connectivity index (χ2v) is 3.59. The lowest BCUT2D eigenvalue weighted by atomic mass is 10.2. The zero-order chi connectivity index (χ0) is 11.3. The largest absolute Gasteiger partial charge is 0.488 e. The van der Waals surface area contributed by atoms with Crippen LogP contribution in [-0.4, -0.2) is 19.7 Å². The van der Waals surface area contributed by atoms with Gasteiger partial charge in [0.15, 0.2) is 0 Å². The maximum atomic E-state index is 11.2. The van der Waals surface area contributed by atoms with Crippen LogP contribution in [-0.2, 0) is 4.74 Å². The fraction of sp³-hybridized carbons (Fsp3) is 0.182. The van der Waals surface area contributed by atoms with E-state index in [9.17, 15) is 4.79 Å². The lowest BCUT2D eigenvalue weighted by Crippen LogP contribution is -2.01. The quantitative estimate of drug-likeness (QED) is 0.624. The highest BCUT2D eigenvalue weighted by Gasteiger charge is 2.08. The molecule has 0 aromatic heterocycles. The Balaban J connectivity index is 2.87. The van der Waals surface area contributed by atoms with Crippen LogP contribution in [0.1, 0.15) is 10.4 Å². The van der Waals surface area contributed by atoms with Crippen LogP contribution in [0.4, 0.5) is 0 Å². The first-order valence-corrected chi connectivity index (χ1v) is 5.10. The highest BCUT2D eigenvalue weighted by Crippen LogP contribution is 2.26. The van der Waals surface area contributed by atoms with Crippen LogP contribution in [0.5, 0.6) is 5.75 Å². The Morgan fingerprint density at radius 2 is 2.33 bits per heavy atom. The van der Waals surface area contributed by atoms with Crippen LogP contribution >= 0.6 is 15.9 Å². The molecular formula is C11H11BrO3. The molecule has 1 aromatic rings. The Labute approximate surface area is 96.8 Å². The SMILES string of the molecule is C=CCOc1ccc(C(=O)OC)cc1Br. The van der Waals surface area contributed by atoms with Crippen LogP contribution in [0.15, 0.2) is 35.3 Å². The highest BCUT2D eigenvalue weighted by molar-refractivity contribution is 9.10. The molecule has 0 aliphatic carbocycles. The molecule has 0 N–H and O–H groups in total. The Hall–Kier alpha value is -1.29. The normalized spacial score (nSPS) is 9.47. The molecule has 1 rings (SSSR count). The third kappa shape index (κ3) is 3.09. The number of ether oxygens (including phenoxy) is 2. The van der Waals surface area contributed by atoms with Crippen molar-refractivity contribution in [2.45, 2.75) is 0 Å². The predicted molar refractivity (Wildman–Crippen MR) is 61.2 cm³/mol. The Morgan fingerprint density at radius 3 is 2.87 bits per heavy atom. The molecule has 0 spiro atoms. The zero-order valence-electron chi connectivity index (χ0n) is 8.33. The molecule has 4 heteroatoms. The number of hydrogen-bond donors (Lipinski definition) is 0. The van der Waals surface area contributed by atoms with Crippen molar-refractivity contribution in [1.29, 1.82) is 0 Å². The van der Waals surface area contributed by atoms with E-state index < -0.39 is 0 Å². The lowest BCUT2D eigenvalue weighted by Gasteiger charge is -2.06. The van der Waals surface area contributed by atoms with Crippen molar-refractivity contribution in [3.8, 4) is 5.75 Å². The van der Waals surface area contributed by atoms with E-state index in [-0.39, 0.29) is 5.97 Å². The zero-order valence-corrected chi connectivity index (χ0v) is 9.91. The minimum Gasteiger partial charge on any atom is -0.488 e. The van der Waals surface area contributed by atoms with Crippen LogP contribution in [0.3, 0.4) is 0 Å². The topological polar surface area (TPSA) is 35.5 Å². The van der Waals surface area contributed by atoms with E-state index in [4.69, 9.17) is 4.74 Å². The van der Waals surface area contributed by atoms with Gasteiger partial charge >= 0.3 is 5.97 Å². The van der Waals surface area contributed by atoms with Crippen LogP contribution < -0.4 is 4.74 Å². The van der Waals surface area contributed by atoms with E-state index >= 15 is 0 Å². The first-order chi connectivity index (χ1) is 7.19. The number of esters is 1.